The average molecular weight is 1790 g/mol. The number of guanidine groups is 2. The van der Waals surface area contributed by atoms with Crippen LogP contribution in [0.1, 0.15) is 218 Å². The molecule has 2 fully saturated rings. The SMILES string of the molecule is CC[C@H](C)[C@H](NC(=O)[C@H](Cc1ccc(O)cc1)NC(=O)[C@@H]1C[C@@H](O)CN1C(=O)[C@H](C)NC(=O)[C@H](CC(C)C)NC(=O)CCCCCNC(=O)[C@H](CCC(N)=O)NC(=O)[C@H](CC(C)C)NC(=O)[C@H](CC(C)C)NC(=O)[C@H](CCCN=C(N)N)NC(=O)[C@@H]1CNC(=O)C(N[C@@H](CCCN=C(N)N)C(N)=O)CC(=O)N[C@@H]([C@@H](C)CC)C(=O)NC(CC(C)(C)C)C(=O)N1)C(N)=O. The number of unbranched alkanes of at least 4 members (excludes halogenated alkanes) is 2. The van der Waals surface area contributed by atoms with Crippen molar-refractivity contribution in [3.05, 3.63) is 29.8 Å². The van der Waals surface area contributed by atoms with E-state index in [9.17, 15) is 91.7 Å². The summed E-state index contributed by atoms with van der Waals surface area (Å²) in [6, 6.07) is -13.3. The van der Waals surface area contributed by atoms with E-state index in [0.29, 0.717) is 31.2 Å². The lowest BCUT2D eigenvalue weighted by Crippen LogP contribution is -2.63. The highest BCUT2D eigenvalue weighted by atomic mass is 16.3. The molecule has 43 nitrogen and oxygen atoms in total. The van der Waals surface area contributed by atoms with E-state index in [0.717, 1.165) is 4.90 Å². The molecule has 0 bridgehead atoms. The monoisotopic (exact) mass is 1790 g/mol. The maximum Gasteiger partial charge on any atom is 0.245 e. The van der Waals surface area contributed by atoms with Crippen molar-refractivity contribution >= 4 is 112 Å². The van der Waals surface area contributed by atoms with Crippen molar-refractivity contribution in [3.8, 4) is 5.75 Å². The second-order valence-corrected chi connectivity index (χ2v) is 35.5. The molecule has 2 unspecified atom stereocenters. The first-order valence-electron chi connectivity index (χ1n) is 43.8. The molecule has 714 valence electrons. The van der Waals surface area contributed by atoms with Crippen LogP contribution in [0.4, 0.5) is 0 Å². The van der Waals surface area contributed by atoms with Gasteiger partial charge in [0.05, 0.1) is 24.6 Å². The first-order chi connectivity index (χ1) is 59.4. The van der Waals surface area contributed by atoms with Gasteiger partial charge in [-0.05, 0) is 130 Å². The summed E-state index contributed by atoms with van der Waals surface area (Å²) >= 11 is 0. The van der Waals surface area contributed by atoms with Crippen molar-refractivity contribution in [2.24, 2.45) is 85.1 Å². The second kappa shape index (κ2) is 54.5. The lowest BCUT2D eigenvalue weighted by atomic mass is 9.87. The molecule has 1 aromatic rings. The van der Waals surface area contributed by atoms with Crippen LogP contribution in [0.15, 0.2) is 34.3 Å². The maximum atomic E-state index is 15.0. The normalized spacial score (nSPS) is 19.6. The Labute approximate surface area is 743 Å². The standard InChI is InChI=1S/C84H144N24O19/c1-15-46(9)66(69(87)115)107-76(122)58(37-49-25-27-50(109)28-26-49)103-79(125)62-38-51(110)42-108(62)81(127)48(11)96-73(119)55(34-43(3)4)98-64(112)24-18-17-19-31-92-70(116)54(29-30-63(85)111)100-74(120)56(35-44(5)6)102-75(121)57(36-45(7)8)101-72(118)53(23-21-33-94-83(90)91)99-78(124)61-41-95-71(117)59(97-52(68(86)114)22-20-32-93-82(88)89)39-65(113)106-67(47(10)16-2)80(126)104-60(77(123)105-61)40-84(12,13)14/h25-28,43-48,51-62,66-67,97,109-110H,15-24,29-42H2,1-14H3,(H2,85,111)(H2,86,114)(H2,87,115)(H,92,116)(H,95,117)(H,96,119)(H,98,112)(H,99,124)(H,100,120)(H,101,118)(H,102,121)(H,103,125)(H,104,126)(H,105,123)(H,106,113)(H,107,122)(H4,88,89,93)(H4,90,91,94)/t46-,47-,48-,51+,52-,53-,54-,55-,56-,57-,58-,59?,60?,61-,62-,66-,67-/m0/s1. The molecule has 30 N–H and O–H groups in total. The van der Waals surface area contributed by atoms with Crippen molar-refractivity contribution in [1.82, 2.24) is 79.3 Å². The summed E-state index contributed by atoms with van der Waals surface area (Å²) in [4.78, 5) is 247. The fourth-order valence-electron chi connectivity index (χ4n) is 14.3. The third-order valence-electron chi connectivity index (χ3n) is 21.5. The van der Waals surface area contributed by atoms with E-state index in [-0.39, 0.29) is 157 Å². The Morgan fingerprint density at radius 1 is 0.543 bits per heavy atom. The molecule has 43 heteroatoms. The zero-order valence-electron chi connectivity index (χ0n) is 76.0. The zero-order chi connectivity index (χ0) is 95.9. The fourth-order valence-corrected chi connectivity index (χ4v) is 14.3. The average Bonchev–Trinajstić information content (AvgIpc) is 1.43. The number of nitrogens with two attached hydrogens (primary N) is 7. The largest absolute Gasteiger partial charge is 0.508 e. The number of nitrogens with zero attached hydrogens (tertiary/aromatic N) is 3. The van der Waals surface area contributed by atoms with Crippen LogP contribution in [-0.2, 0) is 87.9 Å². The second-order valence-electron chi connectivity index (χ2n) is 35.5. The van der Waals surface area contributed by atoms with Crippen LogP contribution in [0.2, 0.25) is 0 Å². The number of phenols is 1. The van der Waals surface area contributed by atoms with Gasteiger partial charge in [0.15, 0.2) is 11.9 Å². The van der Waals surface area contributed by atoms with E-state index in [4.69, 9.17) is 40.1 Å². The third kappa shape index (κ3) is 40.8. The number of nitrogens with one attached hydrogen (secondary N) is 14. The predicted molar refractivity (Wildman–Crippen MR) is 473 cm³/mol. The third-order valence-corrected chi connectivity index (χ3v) is 21.5. The lowest BCUT2D eigenvalue weighted by molar-refractivity contribution is -0.142. The number of β-amino-alcohol motifs (C(OH)–C–C–N with tert-alkyl or cyclic N) is 1. The Morgan fingerprint density at radius 2 is 1.06 bits per heavy atom. The topological polar surface area (TPSA) is 709 Å². The number of phenolic OH excluding ortho intramolecular Hbond substituents is 1. The van der Waals surface area contributed by atoms with Gasteiger partial charge in [-0.15, -0.1) is 0 Å². The van der Waals surface area contributed by atoms with Crippen molar-refractivity contribution in [3.63, 3.8) is 0 Å². The van der Waals surface area contributed by atoms with Gasteiger partial charge in [-0.2, -0.15) is 0 Å². The smallest absolute Gasteiger partial charge is 0.245 e. The summed E-state index contributed by atoms with van der Waals surface area (Å²) in [6.07, 6.45) is -1.10. The highest BCUT2D eigenvalue weighted by Gasteiger charge is 2.44. The lowest BCUT2D eigenvalue weighted by Gasteiger charge is -2.32. The summed E-state index contributed by atoms with van der Waals surface area (Å²) in [5, 5.41) is 58.4. The van der Waals surface area contributed by atoms with Crippen LogP contribution in [-0.4, -0.2) is 251 Å². The van der Waals surface area contributed by atoms with Crippen LogP contribution in [0.3, 0.4) is 0 Å². The van der Waals surface area contributed by atoms with Gasteiger partial charge in [-0.1, -0.05) is 121 Å². The Morgan fingerprint density at radius 3 is 1.58 bits per heavy atom. The van der Waals surface area contributed by atoms with Gasteiger partial charge in [0.2, 0.25) is 100 Å². The number of amides is 17. The molecular weight excluding hydrogens is 1650 g/mol. The molecule has 0 saturated carbocycles. The highest BCUT2D eigenvalue weighted by molar-refractivity contribution is 6.01. The van der Waals surface area contributed by atoms with Gasteiger partial charge >= 0.3 is 0 Å². The molecule has 0 aliphatic carbocycles. The summed E-state index contributed by atoms with van der Waals surface area (Å²) in [5.41, 5.74) is 39.1. The van der Waals surface area contributed by atoms with Gasteiger partial charge in [0.1, 0.15) is 78.3 Å². The molecule has 1 aromatic carbocycles. The van der Waals surface area contributed by atoms with Crippen molar-refractivity contribution in [1.29, 1.82) is 0 Å². The number of primary amides is 3. The summed E-state index contributed by atoms with van der Waals surface area (Å²) < 4.78 is 0. The predicted octanol–water partition coefficient (Wildman–Crippen LogP) is -4.22. The van der Waals surface area contributed by atoms with E-state index in [1.807, 2.05) is 13.8 Å². The number of hydrogen-bond acceptors (Lipinski definition) is 22. The molecule has 2 heterocycles. The van der Waals surface area contributed by atoms with E-state index in [2.05, 4.69) is 84.4 Å². The summed E-state index contributed by atoms with van der Waals surface area (Å²) in [6.45, 7) is 23.4. The van der Waals surface area contributed by atoms with E-state index >= 15 is 0 Å². The molecule has 127 heavy (non-hydrogen) atoms. The Balaban J connectivity index is 1.84. The van der Waals surface area contributed by atoms with Crippen molar-refractivity contribution < 1.29 is 91.7 Å². The van der Waals surface area contributed by atoms with Gasteiger partial charge in [0, 0.05) is 58.4 Å². The minimum Gasteiger partial charge on any atom is -0.508 e. The van der Waals surface area contributed by atoms with E-state index in [1.54, 1.807) is 76.2 Å². The van der Waals surface area contributed by atoms with Crippen LogP contribution >= 0.6 is 0 Å². The molecule has 3 rings (SSSR count). The molecule has 17 amide bonds. The van der Waals surface area contributed by atoms with E-state index < -0.39 is 215 Å². The van der Waals surface area contributed by atoms with Crippen molar-refractivity contribution in [2.45, 2.75) is 310 Å². The summed E-state index contributed by atoms with van der Waals surface area (Å²) in [7, 11) is 0. The van der Waals surface area contributed by atoms with Crippen LogP contribution < -0.4 is 115 Å². The number of rotatable bonds is 51. The molecule has 2 saturated heterocycles. The number of benzene rings is 1. The Kier molecular flexibility index (Phi) is 47.0. The molecule has 0 spiro atoms. The first-order valence-corrected chi connectivity index (χ1v) is 43.8. The number of aromatic hydroxyl groups is 1. The number of aliphatic hydroxyl groups is 1. The molecule has 0 aromatic heterocycles. The number of carbonyl (C=O) groups is 17. The molecule has 2 aliphatic rings. The molecule has 2 aliphatic heterocycles. The van der Waals surface area contributed by atoms with Gasteiger partial charge in [0.25, 0.3) is 0 Å². The zero-order valence-corrected chi connectivity index (χ0v) is 76.0. The molecular formula is C84H144N24O19. The quantitative estimate of drug-likeness (QED) is 0.0167. The van der Waals surface area contributed by atoms with Crippen LogP contribution in [0.5, 0.6) is 5.75 Å². The number of likely N-dealkylation sites (tertiary alicyclic amines) is 1. The van der Waals surface area contributed by atoms with Crippen LogP contribution in [0.25, 0.3) is 0 Å². The number of hydrogen-bond donors (Lipinski definition) is 23. The first kappa shape index (κ1) is 110. The fraction of sp³-hybridized carbons (Fsp3) is 0.702. The number of aliphatic hydroxyl groups excluding tert-OH is 1. The van der Waals surface area contributed by atoms with Gasteiger partial charge < -0.3 is 124 Å². The Hall–Kier alpha value is -11.5. The van der Waals surface area contributed by atoms with E-state index in [1.165, 1.54) is 31.2 Å². The Bertz CT molecular complexity index is 3940. The molecule has 0 radical (unpaired) electrons. The minimum absolute atomic E-state index is 0.00963. The highest BCUT2D eigenvalue weighted by Crippen LogP contribution is 2.25. The maximum absolute atomic E-state index is 15.0. The van der Waals surface area contributed by atoms with Crippen molar-refractivity contribution in [2.75, 3.05) is 32.7 Å². The minimum atomic E-state index is -1.76. The van der Waals surface area contributed by atoms with Gasteiger partial charge in [-0.3, -0.25) is 96.8 Å². The molecule has 17 atom stereocenters. The van der Waals surface area contributed by atoms with Gasteiger partial charge in [-0.25, -0.2) is 0 Å². The summed E-state index contributed by atoms with van der Waals surface area (Å²) in [5.74, 6) is -16.2. The number of aliphatic imine (C=N–C) groups is 2. The number of carbonyl (C=O) groups excluding carboxylic acids is 17. The van der Waals surface area contributed by atoms with Crippen LogP contribution in [0, 0.1) is 35.0 Å².